The summed E-state index contributed by atoms with van der Waals surface area (Å²) in [6, 6.07) is 0. The van der Waals surface area contributed by atoms with Crippen molar-refractivity contribution in [2.24, 2.45) is 0 Å². The number of rotatable bonds is 8. The second kappa shape index (κ2) is 7.40. The molecule has 0 aliphatic heterocycles. The normalized spacial score (nSPS) is 14.8. The Kier molecular flexibility index (Phi) is 6.15. The minimum atomic E-state index is -0.0520. The van der Waals surface area contributed by atoms with Crippen LogP contribution in [0.1, 0.15) is 57.3 Å². The van der Waals surface area contributed by atoms with Crippen molar-refractivity contribution < 1.29 is 9.26 Å². The van der Waals surface area contributed by atoms with Crippen LogP contribution in [0.15, 0.2) is 4.52 Å². The molecule has 2 atom stereocenters. The van der Waals surface area contributed by atoms with Gasteiger partial charge in [0, 0.05) is 19.6 Å². The molecule has 0 aliphatic carbocycles. The maximum atomic E-state index is 5.35. The van der Waals surface area contributed by atoms with Gasteiger partial charge in [0.2, 0.25) is 11.7 Å². The molecule has 0 aliphatic rings. The van der Waals surface area contributed by atoms with Crippen molar-refractivity contribution in [3.05, 3.63) is 11.7 Å². The van der Waals surface area contributed by atoms with Crippen molar-refractivity contribution in [2.75, 3.05) is 20.2 Å². The van der Waals surface area contributed by atoms with Crippen molar-refractivity contribution >= 4 is 0 Å². The Balaban J connectivity index is 2.62. The monoisotopic (exact) mass is 241 g/mol. The fourth-order valence-electron chi connectivity index (χ4n) is 1.64. The predicted molar refractivity (Wildman–Crippen MR) is 65.9 cm³/mol. The van der Waals surface area contributed by atoms with Gasteiger partial charge in [-0.2, -0.15) is 4.98 Å². The molecular formula is C12H23N3O2. The molecule has 0 fully saturated rings. The zero-order valence-corrected chi connectivity index (χ0v) is 11.2. The molecule has 1 aromatic rings. The molecule has 0 radical (unpaired) electrons. The van der Waals surface area contributed by atoms with E-state index < -0.39 is 0 Å². The highest BCUT2D eigenvalue weighted by Gasteiger charge is 2.19. The Bertz CT molecular complexity index is 314. The van der Waals surface area contributed by atoms with Gasteiger partial charge in [-0.3, -0.25) is 0 Å². The Labute approximate surface area is 103 Å². The van der Waals surface area contributed by atoms with Gasteiger partial charge in [-0.1, -0.05) is 32.3 Å². The van der Waals surface area contributed by atoms with E-state index in [4.69, 9.17) is 9.26 Å². The van der Waals surface area contributed by atoms with Crippen LogP contribution in [0.5, 0.6) is 0 Å². The van der Waals surface area contributed by atoms with Crippen molar-refractivity contribution in [2.45, 2.75) is 45.6 Å². The fraction of sp³-hybridized carbons (Fsp3) is 0.833. The lowest BCUT2D eigenvalue weighted by Crippen LogP contribution is -2.19. The second-order valence-electron chi connectivity index (χ2n) is 4.21. The first-order valence-corrected chi connectivity index (χ1v) is 6.29. The summed E-state index contributed by atoms with van der Waals surface area (Å²) in [6.07, 6.45) is 1.90. The molecule has 5 heteroatoms. The second-order valence-corrected chi connectivity index (χ2v) is 4.21. The maximum Gasteiger partial charge on any atom is 0.230 e. The molecule has 5 nitrogen and oxygen atoms in total. The van der Waals surface area contributed by atoms with Gasteiger partial charge >= 0.3 is 0 Å². The summed E-state index contributed by atoms with van der Waals surface area (Å²) < 4.78 is 10.6. The molecule has 0 saturated heterocycles. The van der Waals surface area contributed by atoms with E-state index in [9.17, 15) is 0 Å². The molecular weight excluding hydrogens is 218 g/mol. The topological polar surface area (TPSA) is 60.2 Å². The van der Waals surface area contributed by atoms with Gasteiger partial charge in [-0.05, 0) is 13.0 Å². The van der Waals surface area contributed by atoms with E-state index in [1.165, 1.54) is 0 Å². The lowest BCUT2D eigenvalue weighted by molar-refractivity contribution is 0.0854. The molecule has 98 valence electrons. The number of ether oxygens (including phenoxy) is 1. The summed E-state index contributed by atoms with van der Waals surface area (Å²) in [6.45, 7) is 8.06. The SMILES string of the molecule is CCCC(OC)c1noc(C(C)CNCC)n1. The Morgan fingerprint density at radius 3 is 2.76 bits per heavy atom. The first-order valence-electron chi connectivity index (χ1n) is 6.29. The minimum Gasteiger partial charge on any atom is -0.373 e. The van der Waals surface area contributed by atoms with Crippen LogP contribution < -0.4 is 5.32 Å². The van der Waals surface area contributed by atoms with Gasteiger partial charge in [-0.25, -0.2) is 0 Å². The number of hydrogen-bond acceptors (Lipinski definition) is 5. The van der Waals surface area contributed by atoms with Crippen LogP contribution in [0.3, 0.4) is 0 Å². The third-order valence-electron chi connectivity index (χ3n) is 2.70. The van der Waals surface area contributed by atoms with Gasteiger partial charge in [0.1, 0.15) is 6.10 Å². The van der Waals surface area contributed by atoms with Gasteiger partial charge in [0.05, 0.1) is 0 Å². The third-order valence-corrected chi connectivity index (χ3v) is 2.70. The number of nitrogens with zero attached hydrogens (tertiary/aromatic N) is 2. The van der Waals surface area contributed by atoms with E-state index in [1.54, 1.807) is 7.11 Å². The van der Waals surface area contributed by atoms with Crippen LogP contribution in [0.25, 0.3) is 0 Å². The van der Waals surface area contributed by atoms with Crippen LogP contribution in [0, 0.1) is 0 Å². The van der Waals surface area contributed by atoms with Gasteiger partial charge < -0.3 is 14.6 Å². The highest BCUT2D eigenvalue weighted by atomic mass is 16.5. The summed E-state index contributed by atoms with van der Waals surface area (Å²) >= 11 is 0. The van der Waals surface area contributed by atoms with Crippen LogP contribution in [-0.2, 0) is 4.74 Å². The largest absolute Gasteiger partial charge is 0.373 e. The van der Waals surface area contributed by atoms with Gasteiger partial charge in [-0.15, -0.1) is 0 Å². The third kappa shape index (κ3) is 4.09. The van der Waals surface area contributed by atoms with Crippen molar-refractivity contribution in [3.63, 3.8) is 0 Å². The van der Waals surface area contributed by atoms with Crippen LogP contribution in [0.2, 0.25) is 0 Å². The number of hydrogen-bond donors (Lipinski definition) is 1. The Morgan fingerprint density at radius 2 is 2.18 bits per heavy atom. The van der Waals surface area contributed by atoms with Crippen molar-refractivity contribution in [1.82, 2.24) is 15.5 Å². The van der Waals surface area contributed by atoms with Crippen LogP contribution >= 0.6 is 0 Å². The first-order chi connectivity index (χ1) is 8.22. The number of likely N-dealkylation sites (N-methyl/N-ethyl adjacent to an activating group) is 1. The highest BCUT2D eigenvalue weighted by molar-refractivity contribution is 4.96. The van der Waals surface area contributed by atoms with E-state index in [2.05, 4.69) is 36.2 Å². The predicted octanol–water partition coefficient (Wildman–Crippen LogP) is 2.27. The van der Waals surface area contributed by atoms with E-state index >= 15 is 0 Å². The molecule has 1 rings (SSSR count). The van der Waals surface area contributed by atoms with E-state index in [0.29, 0.717) is 11.7 Å². The maximum absolute atomic E-state index is 5.35. The molecule has 1 heterocycles. The van der Waals surface area contributed by atoms with Gasteiger partial charge in [0.15, 0.2) is 0 Å². The standard InChI is InChI=1S/C12H23N3O2/c1-5-7-10(16-4)11-14-12(17-15-11)9(3)8-13-6-2/h9-10,13H,5-8H2,1-4H3. The number of methoxy groups -OCH3 is 1. The quantitative estimate of drug-likeness (QED) is 0.756. The Morgan fingerprint density at radius 1 is 1.41 bits per heavy atom. The van der Waals surface area contributed by atoms with E-state index in [-0.39, 0.29) is 12.0 Å². The minimum absolute atomic E-state index is 0.0520. The number of nitrogens with one attached hydrogen (secondary N) is 1. The molecule has 0 bridgehead atoms. The molecule has 0 aromatic carbocycles. The Hall–Kier alpha value is -0.940. The highest BCUT2D eigenvalue weighted by Crippen LogP contribution is 2.21. The summed E-state index contributed by atoms with van der Waals surface area (Å²) in [4.78, 5) is 4.41. The lowest BCUT2D eigenvalue weighted by Gasteiger charge is -2.09. The van der Waals surface area contributed by atoms with Crippen LogP contribution in [-0.4, -0.2) is 30.3 Å². The average Bonchev–Trinajstić information content (AvgIpc) is 2.82. The van der Waals surface area contributed by atoms with Gasteiger partial charge in [0.25, 0.3) is 0 Å². The van der Waals surface area contributed by atoms with E-state index in [1.807, 2.05) is 0 Å². The smallest absolute Gasteiger partial charge is 0.230 e. The summed E-state index contributed by atoms with van der Waals surface area (Å²) in [5.74, 6) is 1.57. The molecule has 2 unspecified atom stereocenters. The molecule has 1 aromatic heterocycles. The molecule has 17 heavy (non-hydrogen) atoms. The molecule has 0 amide bonds. The van der Waals surface area contributed by atoms with Crippen LogP contribution in [0.4, 0.5) is 0 Å². The molecule has 0 spiro atoms. The molecule has 0 saturated carbocycles. The number of aromatic nitrogens is 2. The lowest BCUT2D eigenvalue weighted by atomic mass is 10.1. The summed E-state index contributed by atoms with van der Waals surface area (Å²) in [7, 11) is 1.68. The van der Waals surface area contributed by atoms with Crippen molar-refractivity contribution in [3.8, 4) is 0 Å². The average molecular weight is 241 g/mol. The van der Waals surface area contributed by atoms with E-state index in [0.717, 1.165) is 25.9 Å². The zero-order chi connectivity index (χ0) is 12.7. The first kappa shape index (κ1) is 14.1. The summed E-state index contributed by atoms with van der Waals surface area (Å²) in [5, 5.41) is 7.26. The molecule has 1 N–H and O–H groups in total. The van der Waals surface area contributed by atoms with Crippen molar-refractivity contribution in [1.29, 1.82) is 0 Å². The summed E-state index contributed by atoms with van der Waals surface area (Å²) in [5.41, 5.74) is 0. The fourth-order valence-corrected chi connectivity index (χ4v) is 1.64. The zero-order valence-electron chi connectivity index (χ0n) is 11.2.